The van der Waals surface area contributed by atoms with Crippen LogP contribution in [0.3, 0.4) is 0 Å². The van der Waals surface area contributed by atoms with E-state index in [1.807, 2.05) is 86.5 Å². The van der Waals surface area contributed by atoms with Crippen LogP contribution in [-0.2, 0) is 9.59 Å². The van der Waals surface area contributed by atoms with Crippen LogP contribution in [0.5, 0.6) is 0 Å². The van der Waals surface area contributed by atoms with Gasteiger partial charge in [0.2, 0.25) is 11.8 Å². The van der Waals surface area contributed by atoms with Crippen LogP contribution < -0.4 is 20.0 Å². The fourth-order valence-corrected chi connectivity index (χ4v) is 3.15. The third-order valence-electron chi connectivity index (χ3n) is 4.82. The fourth-order valence-electron chi connectivity index (χ4n) is 3.15. The largest absolute Gasteiger partial charge is 0.378 e. The molecule has 6 nitrogen and oxygen atoms in total. The summed E-state index contributed by atoms with van der Waals surface area (Å²) in [6, 6.07) is 15.5. The van der Waals surface area contributed by atoms with Gasteiger partial charge >= 0.3 is 0 Å². The first kappa shape index (κ1) is 18.8. The van der Waals surface area contributed by atoms with Gasteiger partial charge in [-0.1, -0.05) is 0 Å². The quantitative estimate of drug-likeness (QED) is 0.884. The van der Waals surface area contributed by atoms with Crippen molar-refractivity contribution in [1.29, 1.82) is 0 Å². The highest BCUT2D eigenvalue weighted by atomic mass is 16.2. The molecule has 2 aromatic carbocycles. The molecule has 0 saturated carbocycles. The molecular weight excluding hydrogens is 340 g/mol. The summed E-state index contributed by atoms with van der Waals surface area (Å²) < 4.78 is 0. The lowest BCUT2D eigenvalue weighted by molar-refractivity contribution is -0.122. The molecule has 0 radical (unpaired) electrons. The number of nitrogens with one attached hydrogen (secondary N) is 1. The lowest BCUT2D eigenvalue weighted by Gasteiger charge is -2.19. The zero-order valence-corrected chi connectivity index (χ0v) is 16.3. The molecule has 1 fully saturated rings. The number of amides is 2. The molecule has 1 saturated heterocycles. The Labute approximate surface area is 160 Å². The van der Waals surface area contributed by atoms with Crippen molar-refractivity contribution < 1.29 is 9.59 Å². The van der Waals surface area contributed by atoms with Crippen molar-refractivity contribution in [1.82, 2.24) is 0 Å². The second kappa shape index (κ2) is 7.70. The monoisotopic (exact) mass is 366 g/mol. The normalized spacial score (nSPS) is 16.4. The fraction of sp³-hybridized carbons (Fsp3) is 0.333. The smallest absolute Gasteiger partial charge is 0.229 e. The van der Waals surface area contributed by atoms with Crippen molar-refractivity contribution in [3.05, 3.63) is 48.5 Å². The highest BCUT2D eigenvalue weighted by Gasteiger charge is 2.35. The molecule has 0 aliphatic carbocycles. The maximum atomic E-state index is 12.6. The Hall–Kier alpha value is -3.02. The molecule has 1 N–H and O–H groups in total. The second-order valence-corrected chi connectivity index (χ2v) is 7.25. The first-order valence-corrected chi connectivity index (χ1v) is 9.01. The summed E-state index contributed by atoms with van der Waals surface area (Å²) in [7, 11) is 7.89. The van der Waals surface area contributed by atoms with E-state index in [4.69, 9.17) is 0 Å². The van der Waals surface area contributed by atoms with Crippen molar-refractivity contribution in [3.8, 4) is 0 Å². The lowest BCUT2D eigenvalue weighted by atomic mass is 10.1. The van der Waals surface area contributed by atoms with Crippen molar-refractivity contribution in [2.75, 3.05) is 54.8 Å². The molecule has 3 rings (SSSR count). The van der Waals surface area contributed by atoms with Gasteiger partial charge in [0, 0.05) is 63.9 Å². The molecule has 1 aliphatic rings. The third-order valence-corrected chi connectivity index (χ3v) is 4.82. The number of nitrogens with zero attached hydrogens (tertiary/aromatic N) is 3. The number of benzene rings is 2. The van der Waals surface area contributed by atoms with Gasteiger partial charge in [-0.2, -0.15) is 0 Å². The van der Waals surface area contributed by atoms with E-state index in [-0.39, 0.29) is 24.2 Å². The summed E-state index contributed by atoms with van der Waals surface area (Å²) in [5.41, 5.74) is 3.71. The van der Waals surface area contributed by atoms with Crippen molar-refractivity contribution >= 4 is 34.6 Å². The van der Waals surface area contributed by atoms with Gasteiger partial charge < -0.3 is 20.0 Å². The summed E-state index contributed by atoms with van der Waals surface area (Å²) in [6.45, 7) is 0.405. The van der Waals surface area contributed by atoms with Crippen LogP contribution in [-0.4, -0.2) is 46.5 Å². The Balaban J connectivity index is 1.64. The number of carbonyl (C=O) groups is 2. The number of hydrogen-bond acceptors (Lipinski definition) is 4. The minimum Gasteiger partial charge on any atom is -0.378 e. The van der Waals surface area contributed by atoms with Crippen LogP contribution in [0, 0.1) is 5.92 Å². The highest BCUT2D eigenvalue weighted by molar-refractivity contribution is 6.03. The standard InChI is InChI=1S/C21H26N4O2/c1-23(2)17-7-5-16(6-8-17)22-21(27)15-13-20(26)25(14-15)19-11-9-18(10-12-19)24(3)4/h5-12,15H,13-14H2,1-4H3,(H,22,27). The van der Waals surface area contributed by atoms with E-state index in [0.29, 0.717) is 6.54 Å². The number of hydrogen-bond donors (Lipinski definition) is 1. The van der Waals surface area contributed by atoms with Gasteiger partial charge in [-0.15, -0.1) is 0 Å². The first-order chi connectivity index (χ1) is 12.8. The van der Waals surface area contributed by atoms with Crippen LogP contribution >= 0.6 is 0 Å². The summed E-state index contributed by atoms with van der Waals surface area (Å²) in [6.07, 6.45) is 0.233. The number of anilines is 4. The molecule has 0 aromatic heterocycles. The predicted molar refractivity (Wildman–Crippen MR) is 111 cm³/mol. The average molecular weight is 366 g/mol. The second-order valence-electron chi connectivity index (χ2n) is 7.25. The van der Waals surface area contributed by atoms with Crippen LogP contribution in [0.4, 0.5) is 22.7 Å². The lowest BCUT2D eigenvalue weighted by Crippen LogP contribution is -2.28. The predicted octanol–water partition coefficient (Wildman–Crippen LogP) is 2.81. The highest BCUT2D eigenvalue weighted by Crippen LogP contribution is 2.28. The van der Waals surface area contributed by atoms with Gasteiger partial charge in [-0.05, 0) is 48.5 Å². The third kappa shape index (κ3) is 4.22. The van der Waals surface area contributed by atoms with E-state index in [1.54, 1.807) is 4.90 Å². The molecule has 2 amide bonds. The van der Waals surface area contributed by atoms with Crippen molar-refractivity contribution in [2.45, 2.75) is 6.42 Å². The maximum absolute atomic E-state index is 12.6. The van der Waals surface area contributed by atoms with Crippen LogP contribution in [0.15, 0.2) is 48.5 Å². The molecular formula is C21H26N4O2. The molecule has 1 heterocycles. The minimum absolute atomic E-state index is 0.0179. The Morgan fingerprint density at radius 3 is 1.96 bits per heavy atom. The molecule has 1 aliphatic heterocycles. The Kier molecular flexibility index (Phi) is 5.35. The summed E-state index contributed by atoms with van der Waals surface area (Å²) in [5.74, 6) is -0.483. The maximum Gasteiger partial charge on any atom is 0.229 e. The molecule has 27 heavy (non-hydrogen) atoms. The zero-order chi connectivity index (χ0) is 19.6. The van der Waals surface area contributed by atoms with Crippen molar-refractivity contribution in [2.24, 2.45) is 5.92 Å². The molecule has 2 aromatic rings. The van der Waals surface area contributed by atoms with Crippen LogP contribution in [0.25, 0.3) is 0 Å². The minimum atomic E-state index is -0.348. The van der Waals surface area contributed by atoms with E-state index < -0.39 is 0 Å². The van der Waals surface area contributed by atoms with Gasteiger partial charge in [0.1, 0.15) is 0 Å². The Morgan fingerprint density at radius 1 is 0.926 bits per heavy atom. The molecule has 1 atom stereocenters. The van der Waals surface area contributed by atoms with E-state index in [0.717, 1.165) is 22.7 Å². The van der Waals surface area contributed by atoms with E-state index >= 15 is 0 Å². The summed E-state index contributed by atoms with van der Waals surface area (Å²) >= 11 is 0. The van der Waals surface area contributed by atoms with E-state index in [1.165, 1.54) is 0 Å². The van der Waals surface area contributed by atoms with Gasteiger partial charge in [0.15, 0.2) is 0 Å². The van der Waals surface area contributed by atoms with Crippen molar-refractivity contribution in [3.63, 3.8) is 0 Å². The Bertz CT molecular complexity index is 813. The van der Waals surface area contributed by atoms with Gasteiger partial charge in [0.25, 0.3) is 0 Å². The van der Waals surface area contributed by atoms with Gasteiger partial charge in [0.05, 0.1) is 5.92 Å². The first-order valence-electron chi connectivity index (χ1n) is 9.01. The van der Waals surface area contributed by atoms with E-state index in [2.05, 4.69) is 5.32 Å². The Morgan fingerprint density at radius 2 is 1.44 bits per heavy atom. The van der Waals surface area contributed by atoms with Gasteiger partial charge in [-0.25, -0.2) is 0 Å². The molecule has 0 bridgehead atoms. The van der Waals surface area contributed by atoms with E-state index in [9.17, 15) is 9.59 Å². The molecule has 6 heteroatoms. The molecule has 1 unspecified atom stereocenters. The van der Waals surface area contributed by atoms with Crippen LogP contribution in [0.2, 0.25) is 0 Å². The molecule has 0 spiro atoms. The SMILES string of the molecule is CN(C)c1ccc(NC(=O)C2CC(=O)N(c3ccc(N(C)C)cc3)C2)cc1. The zero-order valence-electron chi connectivity index (χ0n) is 16.3. The summed E-state index contributed by atoms with van der Waals surface area (Å²) in [5, 5.41) is 2.92. The van der Waals surface area contributed by atoms with Crippen LogP contribution in [0.1, 0.15) is 6.42 Å². The number of carbonyl (C=O) groups excluding carboxylic acids is 2. The number of rotatable bonds is 5. The molecule has 142 valence electrons. The van der Waals surface area contributed by atoms with Gasteiger partial charge in [-0.3, -0.25) is 9.59 Å². The average Bonchev–Trinajstić information content (AvgIpc) is 3.04. The topological polar surface area (TPSA) is 55.9 Å². The summed E-state index contributed by atoms with van der Waals surface area (Å²) in [4.78, 5) is 30.7.